The van der Waals surface area contributed by atoms with Gasteiger partial charge in [-0.25, -0.2) is 5.43 Å². The van der Waals surface area contributed by atoms with Crippen LogP contribution in [0.1, 0.15) is 28.5 Å². The summed E-state index contributed by atoms with van der Waals surface area (Å²) in [6, 6.07) is 14.1. The summed E-state index contributed by atoms with van der Waals surface area (Å²) in [5, 5.41) is 1.08. The lowest BCUT2D eigenvalue weighted by Gasteiger charge is -2.16. The Balaban J connectivity index is 2.09. The van der Waals surface area contributed by atoms with Crippen molar-refractivity contribution in [2.45, 2.75) is 19.9 Å². The van der Waals surface area contributed by atoms with Crippen LogP contribution in [0.2, 0.25) is 0 Å². The van der Waals surface area contributed by atoms with E-state index < -0.39 is 0 Å². The van der Waals surface area contributed by atoms with Crippen molar-refractivity contribution in [2.75, 3.05) is 0 Å². The molecule has 1 unspecified atom stereocenters. The Kier molecular flexibility index (Phi) is 3.85. The quantitative estimate of drug-likeness (QED) is 0.548. The van der Waals surface area contributed by atoms with Gasteiger partial charge in [0.1, 0.15) is 17.4 Å². The Bertz CT molecular complexity index is 738. The molecule has 21 heavy (non-hydrogen) atoms. The first-order valence-corrected chi connectivity index (χ1v) is 7.60. The van der Waals surface area contributed by atoms with Crippen LogP contribution in [0.25, 0.3) is 11.0 Å². The number of nitrogens with one attached hydrogen (secondary N) is 1. The van der Waals surface area contributed by atoms with Gasteiger partial charge in [0.25, 0.3) is 0 Å². The van der Waals surface area contributed by atoms with Crippen LogP contribution >= 0.6 is 15.9 Å². The molecule has 108 valence electrons. The summed E-state index contributed by atoms with van der Waals surface area (Å²) in [6.45, 7) is 4.15. The predicted molar refractivity (Wildman–Crippen MR) is 89.0 cm³/mol. The van der Waals surface area contributed by atoms with Gasteiger partial charge in [0.2, 0.25) is 0 Å². The molecule has 1 atom stereocenters. The molecule has 1 aromatic heterocycles. The molecule has 0 amide bonds. The van der Waals surface area contributed by atoms with E-state index in [0.717, 1.165) is 26.8 Å². The number of hydrazine groups is 1. The number of fused-ring (bicyclic) bond motifs is 1. The molecule has 3 N–H and O–H groups in total. The zero-order chi connectivity index (χ0) is 15.0. The van der Waals surface area contributed by atoms with Gasteiger partial charge in [-0.1, -0.05) is 46.3 Å². The first-order chi connectivity index (χ1) is 10.1. The highest BCUT2D eigenvalue weighted by Gasteiger charge is 2.18. The van der Waals surface area contributed by atoms with Gasteiger partial charge in [-0.3, -0.25) is 5.84 Å². The first kappa shape index (κ1) is 14.3. The van der Waals surface area contributed by atoms with Crippen molar-refractivity contribution >= 4 is 26.9 Å². The third-order valence-corrected chi connectivity index (χ3v) is 4.94. The molecular formula is C17H17BrN2O. The summed E-state index contributed by atoms with van der Waals surface area (Å²) >= 11 is 3.59. The van der Waals surface area contributed by atoms with E-state index in [0.29, 0.717) is 0 Å². The van der Waals surface area contributed by atoms with Gasteiger partial charge in [-0.15, -0.1) is 0 Å². The van der Waals surface area contributed by atoms with Crippen molar-refractivity contribution in [3.05, 3.63) is 69.4 Å². The average molecular weight is 345 g/mol. The molecule has 0 fully saturated rings. The fraction of sp³-hybridized carbons (Fsp3) is 0.176. The fourth-order valence-electron chi connectivity index (χ4n) is 2.63. The molecule has 4 heteroatoms. The van der Waals surface area contributed by atoms with Crippen LogP contribution in [0.4, 0.5) is 0 Å². The zero-order valence-corrected chi connectivity index (χ0v) is 13.6. The molecule has 2 aromatic carbocycles. The lowest BCUT2D eigenvalue weighted by molar-refractivity contribution is 0.477. The fourth-order valence-corrected chi connectivity index (χ4v) is 2.86. The SMILES string of the molecule is Cc1cc(C(NN)c2cc3ccccc3o2)cc(C)c1Br. The van der Waals surface area contributed by atoms with Crippen LogP contribution in [0.15, 0.2) is 51.4 Å². The number of para-hydroxylation sites is 1. The Morgan fingerprint density at radius 2 is 1.76 bits per heavy atom. The van der Waals surface area contributed by atoms with E-state index >= 15 is 0 Å². The molecule has 3 aromatic rings. The van der Waals surface area contributed by atoms with Gasteiger partial charge in [0, 0.05) is 9.86 Å². The predicted octanol–water partition coefficient (Wildman–Crippen LogP) is 4.36. The van der Waals surface area contributed by atoms with E-state index in [1.165, 1.54) is 11.1 Å². The second kappa shape index (κ2) is 5.64. The highest BCUT2D eigenvalue weighted by atomic mass is 79.9. The minimum absolute atomic E-state index is 0.164. The maximum Gasteiger partial charge on any atom is 0.134 e. The molecule has 0 aliphatic rings. The van der Waals surface area contributed by atoms with Crippen molar-refractivity contribution in [1.29, 1.82) is 0 Å². The number of hydrogen-bond donors (Lipinski definition) is 2. The summed E-state index contributed by atoms with van der Waals surface area (Å²) in [5.74, 6) is 6.59. The number of nitrogens with two attached hydrogens (primary N) is 1. The Labute approximate surface area is 132 Å². The molecule has 3 nitrogen and oxygen atoms in total. The van der Waals surface area contributed by atoms with Gasteiger partial charge in [0.05, 0.1) is 0 Å². The highest BCUT2D eigenvalue weighted by Crippen LogP contribution is 2.31. The van der Waals surface area contributed by atoms with E-state index in [4.69, 9.17) is 10.3 Å². The molecule has 1 heterocycles. The Morgan fingerprint density at radius 1 is 1.10 bits per heavy atom. The number of halogens is 1. The van der Waals surface area contributed by atoms with E-state index in [-0.39, 0.29) is 6.04 Å². The average Bonchev–Trinajstić information content (AvgIpc) is 2.89. The van der Waals surface area contributed by atoms with Crippen molar-refractivity contribution in [3.8, 4) is 0 Å². The smallest absolute Gasteiger partial charge is 0.134 e. The number of aryl methyl sites for hydroxylation is 2. The largest absolute Gasteiger partial charge is 0.459 e. The van der Waals surface area contributed by atoms with Gasteiger partial charge in [-0.2, -0.15) is 0 Å². The number of furan rings is 1. The van der Waals surface area contributed by atoms with Gasteiger partial charge >= 0.3 is 0 Å². The second-order valence-corrected chi connectivity index (χ2v) is 6.05. The van der Waals surface area contributed by atoms with Crippen LogP contribution in [0.5, 0.6) is 0 Å². The lowest BCUT2D eigenvalue weighted by Crippen LogP contribution is -2.28. The van der Waals surface area contributed by atoms with Gasteiger partial charge in [-0.05, 0) is 42.7 Å². The number of hydrogen-bond acceptors (Lipinski definition) is 3. The van der Waals surface area contributed by atoms with Crippen molar-refractivity contribution in [1.82, 2.24) is 5.43 Å². The minimum atomic E-state index is -0.164. The first-order valence-electron chi connectivity index (χ1n) is 6.81. The molecule has 0 radical (unpaired) electrons. The third-order valence-electron chi connectivity index (χ3n) is 3.69. The van der Waals surface area contributed by atoms with Crippen LogP contribution < -0.4 is 11.3 Å². The van der Waals surface area contributed by atoms with Crippen LogP contribution in [0.3, 0.4) is 0 Å². The maximum absolute atomic E-state index is 5.93. The summed E-state index contributed by atoms with van der Waals surface area (Å²) in [6.07, 6.45) is 0. The topological polar surface area (TPSA) is 51.2 Å². The zero-order valence-electron chi connectivity index (χ0n) is 12.0. The molecule has 0 aliphatic carbocycles. The van der Waals surface area contributed by atoms with Gasteiger partial charge in [0.15, 0.2) is 0 Å². The van der Waals surface area contributed by atoms with Crippen molar-refractivity contribution < 1.29 is 4.42 Å². The monoisotopic (exact) mass is 344 g/mol. The van der Waals surface area contributed by atoms with Crippen LogP contribution in [-0.2, 0) is 0 Å². The van der Waals surface area contributed by atoms with Crippen LogP contribution in [0, 0.1) is 13.8 Å². The number of rotatable bonds is 3. The van der Waals surface area contributed by atoms with Crippen molar-refractivity contribution in [2.24, 2.45) is 5.84 Å². The Hall–Kier alpha value is -1.62. The molecule has 0 bridgehead atoms. The van der Waals surface area contributed by atoms with Gasteiger partial charge < -0.3 is 4.42 Å². The number of benzene rings is 2. The van der Waals surface area contributed by atoms with Crippen LogP contribution in [-0.4, -0.2) is 0 Å². The lowest BCUT2D eigenvalue weighted by atomic mass is 10.00. The standard InChI is InChI=1S/C17H17BrN2O/c1-10-7-13(8-11(2)16(10)18)17(20-19)15-9-12-5-3-4-6-14(12)21-15/h3-9,17,20H,19H2,1-2H3. The Morgan fingerprint density at radius 3 is 2.38 bits per heavy atom. The minimum Gasteiger partial charge on any atom is -0.459 e. The maximum atomic E-state index is 5.93. The third kappa shape index (κ3) is 2.62. The van der Waals surface area contributed by atoms with Crippen molar-refractivity contribution in [3.63, 3.8) is 0 Å². The molecule has 0 aliphatic heterocycles. The second-order valence-electron chi connectivity index (χ2n) is 5.25. The summed E-state index contributed by atoms with van der Waals surface area (Å²) in [5.41, 5.74) is 7.19. The van der Waals surface area contributed by atoms with E-state index in [1.54, 1.807) is 0 Å². The molecule has 0 saturated heterocycles. The summed E-state index contributed by atoms with van der Waals surface area (Å²) < 4.78 is 7.06. The summed E-state index contributed by atoms with van der Waals surface area (Å²) in [7, 11) is 0. The normalized spacial score (nSPS) is 12.8. The van der Waals surface area contributed by atoms with E-state index in [9.17, 15) is 0 Å². The molecule has 0 saturated carbocycles. The molecule has 0 spiro atoms. The van der Waals surface area contributed by atoms with E-state index in [2.05, 4.69) is 47.3 Å². The molecular weight excluding hydrogens is 328 g/mol. The van der Waals surface area contributed by atoms with E-state index in [1.807, 2.05) is 30.3 Å². The summed E-state index contributed by atoms with van der Waals surface area (Å²) in [4.78, 5) is 0. The highest BCUT2D eigenvalue weighted by molar-refractivity contribution is 9.10. The molecule has 3 rings (SSSR count).